The number of carboxylic acid groups (broad SMARTS) is 1. The summed E-state index contributed by atoms with van der Waals surface area (Å²) in [5.74, 6) is -3.02. The monoisotopic (exact) mass is 321 g/mol. The van der Waals surface area contributed by atoms with E-state index in [4.69, 9.17) is 4.74 Å². The number of carboxylic acids is 1. The maximum Gasteiger partial charge on any atom is 0.410 e. The summed E-state index contributed by atoms with van der Waals surface area (Å²) in [5.41, 5.74) is 0.831. The zero-order valence-electron chi connectivity index (χ0n) is 12.8. The molecule has 124 valence electrons. The number of hydrogen-bond donors (Lipinski definition) is 1. The van der Waals surface area contributed by atoms with Crippen molar-refractivity contribution in [2.24, 2.45) is 11.8 Å². The first-order valence-electron chi connectivity index (χ1n) is 7.27. The molecule has 23 heavy (non-hydrogen) atoms. The maximum absolute atomic E-state index is 12.2. The number of esters is 1. The molecule has 1 amide bonds. The van der Waals surface area contributed by atoms with Gasteiger partial charge in [0.15, 0.2) is 0 Å². The van der Waals surface area contributed by atoms with E-state index in [2.05, 4.69) is 4.74 Å². The van der Waals surface area contributed by atoms with Crippen LogP contribution in [0.15, 0.2) is 30.3 Å². The van der Waals surface area contributed by atoms with Gasteiger partial charge in [-0.2, -0.15) is 0 Å². The molecule has 1 aromatic rings. The summed E-state index contributed by atoms with van der Waals surface area (Å²) in [6.45, 7) is 0.220. The predicted octanol–water partition coefficient (Wildman–Crippen LogP) is 1.52. The molecular formula is C16H19NO6. The lowest BCUT2D eigenvalue weighted by Crippen LogP contribution is -2.48. The Bertz CT molecular complexity index is 573. The molecular weight excluding hydrogens is 302 g/mol. The number of amides is 1. The van der Waals surface area contributed by atoms with E-state index in [1.165, 1.54) is 12.0 Å². The van der Waals surface area contributed by atoms with Gasteiger partial charge in [0, 0.05) is 13.1 Å². The van der Waals surface area contributed by atoms with E-state index in [9.17, 15) is 19.5 Å². The highest BCUT2D eigenvalue weighted by Gasteiger charge is 2.38. The second-order valence-electron chi connectivity index (χ2n) is 5.44. The van der Waals surface area contributed by atoms with E-state index in [-0.39, 0.29) is 26.1 Å². The number of methoxy groups -OCH3 is 1. The Kier molecular flexibility index (Phi) is 5.56. The summed E-state index contributed by atoms with van der Waals surface area (Å²) < 4.78 is 9.86. The summed E-state index contributed by atoms with van der Waals surface area (Å²) in [5, 5.41) is 9.19. The van der Waals surface area contributed by atoms with Crippen LogP contribution in [0.4, 0.5) is 4.79 Å². The molecule has 1 saturated heterocycles. The number of nitrogens with zero attached hydrogens (tertiary/aromatic N) is 1. The predicted molar refractivity (Wildman–Crippen MR) is 79.4 cm³/mol. The molecule has 1 N–H and O–H groups in total. The third kappa shape index (κ3) is 4.45. The van der Waals surface area contributed by atoms with Crippen molar-refractivity contribution in [3.63, 3.8) is 0 Å². The molecule has 1 heterocycles. The molecule has 0 spiro atoms. The first-order valence-corrected chi connectivity index (χ1v) is 7.27. The molecule has 0 unspecified atom stereocenters. The molecule has 0 saturated carbocycles. The van der Waals surface area contributed by atoms with Gasteiger partial charge in [-0.15, -0.1) is 0 Å². The van der Waals surface area contributed by atoms with Crippen molar-refractivity contribution >= 4 is 18.0 Å². The molecule has 2 atom stereocenters. The normalized spacial score (nSPS) is 20.7. The van der Waals surface area contributed by atoms with Gasteiger partial charge in [-0.25, -0.2) is 4.79 Å². The molecule has 0 bridgehead atoms. The highest BCUT2D eigenvalue weighted by Crippen LogP contribution is 2.24. The van der Waals surface area contributed by atoms with Crippen LogP contribution in [0, 0.1) is 11.8 Å². The Labute approximate surface area is 133 Å². The second-order valence-corrected chi connectivity index (χ2v) is 5.44. The lowest BCUT2D eigenvalue weighted by atomic mass is 9.89. The number of carbonyl (C=O) groups is 3. The van der Waals surface area contributed by atoms with Crippen LogP contribution >= 0.6 is 0 Å². The van der Waals surface area contributed by atoms with E-state index in [1.54, 1.807) is 0 Å². The van der Waals surface area contributed by atoms with Gasteiger partial charge >= 0.3 is 18.0 Å². The minimum Gasteiger partial charge on any atom is -0.481 e. The Morgan fingerprint density at radius 1 is 1.17 bits per heavy atom. The number of benzene rings is 1. The molecule has 7 nitrogen and oxygen atoms in total. The summed E-state index contributed by atoms with van der Waals surface area (Å²) >= 11 is 0. The summed E-state index contributed by atoms with van der Waals surface area (Å²) in [6.07, 6.45) is -0.474. The number of piperidine rings is 1. The number of hydrogen-bond acceptors (Lipinski definition) is 5. The van der Waals surface area contributed by atoms with Gasteiger partial charge in [0.2, 0.25) is 0 Å². The van der Waals surface area contributed by atoms with Crippen molar-refractivity contribution in [2.45, 2.75) is 13.0 Å². The summed E-state index contributed by atoms with van der Waals surface area (Å²) in [6, 6.07) is 9.16. The lowest BCUT2D eigenvalue weighted by molar-refractivity contribution is -0.151. The minimum atomic E-state index is -1.04. The average Bonchev–Trinajstić information content (AvgIpc) is 2.59. The molecule has 1 aromatic carbocycles. The summed E-state index contributed by atoms with van der Waals surface area (Å²) in [7, 11) is 1.24. The van der Waals surface area contributed by atoms with Crippen LogP contribution in [0.5, 0.6) is 0 Å². The fraction of sp³-hybridized carbons (Fsp3) is 0.438. The van der Waals surface area contributed by atoms with Crippen molar-refractivity contribution in [3.8, 4) is 0 Å². The molecule has 7 heteroatoms. The van der Waals surface area contributed by atoms with Gasteiger partial charge in [0.1, 0.15) is 6.61 Å². The lowest BCUT2D eigenvalue weighted by Gasteiger charge is -2.34. The highest BCUT2D eigenvalue weighted by atomic mass is 16.6. The van der Waals surface area contributed by atoms with Crippen molar-refractivity contribution in [1.29, 1.82) is 0 Å². The number of likely N-dealkylation sites (tertiary alicyclic amines) is 1. The van der Waals surface area contributed by atoms with Crippen molar-refractivity contribution in [3.05, 3.63) is 35.9 Å². The topological polar surface area (TPSA) is 93.1 Å². The Hall–Kier alpha value is -2.57. The third-order valence-electron chi connectivity index (χ3n) is 3.80. The van der Waals surface area contributed by atoms with Gasteiger partial charge in [-0.05, 0) is 12.0 Å². The number of ether oxygens (including phenoxy) is 2. The summed E-state index contributed by atoms with van der Waals surface area (Å²) in [4.78, 5) is 36.3. The largest absolute Gasteiger partial charge is 0.481 e. The van der Waals surface area contributed by atoms with Gasteiger partial charge in [0.05, 0.1) is 18.9 Å². The van der Waals surface area contributed by atoms with E-state index < -0.39 is 29.9 Å². The smallest absolute Gasteiger partial charge is 0.410 e. The van der Waals surface area contributed by atoms with Crippen molar-refractivity contribution in [1.82, 2.24) is 4.90 Å². The molecule has 0 radical (unpaired) electrons. The molecule has 1 fully saturated rings. The first-order chi connectivity index (χ1) is 11.0. The molecule has 2 rings (SSSR count). The van der Waals surface area contributed by atoms with E-state index >= 15 is 0 Å². The van der Waals surface area contributed by atoms with Crippen LogP contribution in [0.2, 0.25) is 0 Å². The second kappa shape index (κ2) is 7.62. The van der Waals surface area contributed by atoms with Crippen LogP contribution in [-0.4, -0.2) is 48.2 Å². The van der Waals surface area contributed by atoms with Gasteiger partial charge in [-0.1, -0.05) is 30.3 Å². The first kappa shape index (κ1) is 16.8. The highest BCUT2D eigenvalue weighted by molar-refractivity contribution is 5.78. The van der Waals surface area contributed by atoms with E-state index in [1.807, 2.05) is 30.3 Å². The van der Waals surface area contributed by atoms with Crippen LogP contribution in [0.1, 0.15) is 12.0 Å². The average molecular weight is 321 g/mol. The van der Waals surface area contributed by atoms with E-state index in [0.29, 0.717) is 0 Å². The molecule has 1 aliphatic rings. The molecule has 1 aliphatic heterocycles. The minimum absolute atomic E-state index is 0.0243. The number of carbonyl (C=O) groups excluding carboxylic acids is 2. The fourth-order valence-electron chi connectivity index (χ4n) is 2.58. The van der Waals surface area contributed by atoms with Gasteiger partial charge in [-0.3, -0.25) is 9.59 Å². The van der Waals surface area contributed by atoms with E-state index in [0.717, 1.165) is 5.56 Å². The van der Waals surface area contributed by atoms with Crippen LogP contribution < -0.4 is 0 Å². The van der Waals surface area contributed by atoms with Gasteiger partial charge < -0.3 is 19.5 Å². The number of aliphatic carboxylic acids is 1. The van der Waals surface area contributed by atoms with Crippen LogP contribution in [0.25, 0.3) is 0 Å². The zero-order chi connectivity index (χ0) is 16.8. The molecule has 0 aromatic heterocycles. The zero-order valence-corrected chi connectivity index (χ0v) is 12.8. The van der Waals surface area contributed by atoms with Crippen LogP contribution in [-0.2, 0) is 25.7 Å². The quantitative estimate of drug-likeness (QED) is 0.845. The Morgan fingerprint density at radius 3 is 2.43 bits per heavy atom. The Balaban J connectivity index is 1.99. The van der Waals surface area contributed by atoms with Crippen molar-refractivity contribution in [2.75, 3.05) is 20.2 Å². The van der Waals surface area contributed by atoms with Crippen LogP contribution in [0.3, 0.4) is 0 Å². The Morgan fingerprint density at radius 2 is 1.83 bits per heavy atom. The SMILES string of the molecule is COC(=O)[C@@H]1C[C@H](C(=O)O)CN(C(=O)OCc2ccccc2)C1. The van der Waals surface area contributed by atoms with Crippen molar-refractivity contribution < 1.29 is 29.0 Å². The maximum atomic E-state index is 12.2. The van der Waals surface area contributed by atoms with Gasteiger partial charge in [0.25, 0.3) is 0 Å². The molecule has 0 aliphatic carbocycles. The third-order valence-corrected chi connectivity index (χ3v) is 3.80. The number of rotatable bonds is 4. The fourth-order valence-corrected chi connectivity index (χ4v) is 2.58. The standard InChI is InChI=1S/C16H19NO6/c1-22-15(20)13-7-12(14(18)19)8-17(9-13)16(21)23-10-11-5-3-2-4-6-11/h2-6,12-13H,7-10H2,1H3,(H,18,19)/t12-,13+/m0/s1.